The summed E-state index contributed by atoms with van der Waals surface area (Å²) < 4.78 is 5.94. The number of rotatable bonds is 48. The minimum absolute atomic E-state index is 0.0776. The van der Waals surface area contributed by atoms with Gasteiger partial charge in [-0.25, -0.2) is 0 Å². The van der Waals surface area contributed by atoms with Gasteiger partial charge in [-0.3, -0.25) is 9.59 Å². The highest BCUT2D eigenvalue weighted by Gasteiger charge is 2.24. The fourth-order valence-corrected chi connectivity index (χ4v) is 8.23. The third-order valence-corrected chi connectivity index (χ3v) is 12.3. The molecule has 0 aromatic carbocycles. The average molecular weight is 846 g/mol. The maximum Gasteiger partial charge on any atom is 0.306 e. The van der Waals surface area contributed by atoms with Gasteiger partial charge in [0.2, 0.25) is 5.91 Å². The smallest absolute Gasteiger partial charge is 0.306 e. The Morgan fingerprint density at radius 2 is 0.850 bits per heavy atom. The predicted molar refractivity (Wildman–Crippen MR) is 260 cm³/mol. The Bertz CT molecular complexity index is 950. The summed E-state index contributed by atoms with van der Waals surface area (Å²) in [5, 5.41) is 23.8. The molecule has 0 radical (unpaired) electrons. The van der Waals surface area contributed by atoms with Crippen LogP contribution in [0.3, 0.4) is 0 Å². The lowest BCUT2D eigenvalue weighted by Gasteiger charge is -2.24. The molecule has 0 aromatic heterocycles. The third kappa shape index (κ3) is 43.0. The van der Waals surface area contributed by atoms with Crippen LogP contribution in [0.5, 0.6) is 0 Å². The number of allylic oxidation sites excluding steroid dienone is 4. The van der Waals surface area contributed by atoms with E-state index in [2.05, 4.69) is 50.4 Å². The third-order valence-electron chi connectivity index (χ3n) is 12.3. The van der Waals surface area contributed by atoms with E-state index in [0.717, 1.165) is 64.2 Å². The molecule has 0 saturated carbocycles. The number of amides is 1. The molecule has 354 valence electrons. The number of carbonyl (C=O) groups is 2. The number of hydrogen-bond acceptors (Lipinski definition) is 5. The van der Waals surface area contributed by atoms with Gasteiger partial charge in [-0.15, -0.1) is 0 Å². The SMILES string of the molecule is CCCCC/C=C\C/C=C\CCCCCCCCCC(CC(=O)NC(CO)C(O)CCCCCCCCCCCCC)OC(=O)CCCCCCCCCCCCCCC. The molecular formula is C54H103NO5. The molecule has 0 bridgehead atoms. The molecule has 6 nitrogen and oxygen atoms in total. The van der Waals surface area contributed by atoms with Crippen LogP contribution in [0.2, 0.25) is 0 Å². The topological polar surface area (TPSA) is 95.9 Å². The Hall–Kier alpha value is -1.66. The van der Waals surface area contributed by atoms with Crippen molar-refractivity contribution in [2.75, 3.05) is 6.61 Å². The van der Waals surface area contributed by atoms with E-state index in [4.69, 9.17) is 4.74 Å². The van der Waals surface area contributed by atoms with Crippen LogP contribution in [0.1, 0.15) is 284 Å². The van der Waals surface area contributed by atoms with Crippen molar-refractivity contribution >= 4 is 11.9 Å². The number of ether oxygens (including phenoxy) is 1. The first kappa shape index (κ1) is 58.3. The lowest BCUT2D eigenvalue weighted by molar-refractivity contribution is -0.151. The first-order valence-corrected chi connectivity index (χ1v) is 26.6. The molecule has 0 fully saturated rings. The second kappa shape index (κ2) is 48.4. The Kier molecular flexibility index (Phi) is 47.0. The van der Waals surface area contributed by atoms with Crippen LogP contribution < -0.4 is 5.32 Å². The van der Waals surface area contributed by atoms with Crippen LogP contribution in [0.25, 0.3) is 0 Å². The van der Waals surface area contributed by atoms with Gasteiger partial charge < -0.3 is 20.3 Å². The zero-order valence-electron chi connectivity index (χ0n) is 40.4. The summed E-state index contributed by atoms with van der Waals surface area (Å²) in [6.07, 6.45) is 55.2. The molecule has 1 amide bonds. The van der Waals surface area contributed by atoms with Crippen molar-refractivity contribution < 1.29 is 24.5 Å². The molecule has 0 aromatic rings. The normalized spacial score (nSPS) is 13.3. The Labute approximate surface area is 373 Å². The van der Waals surface area contributed by atoms with Crippen LogP contribution in [-0.4, -0.2) is 46.9 Å². The molecule has 3 unspecified atom stereocenters. The van der Waals surface area contributed by atoms with E-state index in [0.29, 0.717) is 19.3 Å². The van der Waals surface area contributed by atoms with E-state index in [1.807, 2.05) is 0 Å². The Morgan fingerprint density at radius 3 is 1.30 bits per heavy atom. The molecule has 0 aliphatic rings. The van der Waals surface area contributed by atoms with E-state index in [9.17, 15) is 19.8 Å². The Balaban J connectivity index is 4.57. The lowest BCUT2D eigenvalue weighted by atomic mass is 10.0. The van der Waals surface area contributed by atoms with Crippen molar-refractivity contribution in [3.63, 3.8) is 0 Å². The second-order valence-electron chi connectivity index (χ2n) is 18.3. The maximum absolute atomic E-state index is 13.2. The highest BCUT2D eigenvalue weighted by atomic mass is 16.5. The van der Waals surface area contributed by atoms with Crippen molar-refractivity contribution in [2.45, 2.75) is 302 Å². The fourth-order valence-electron chi connectivity index (χ4n) is 8.23. The van der Waals surface area contributed by atoms with E-state index in [1.54, 1.807) is 0 Å². The van der Waals surface area contributed by atoms with Crippen molar-refractivity contribution in [3.05, 3.63) is 24.3 Å². The monoisotopic (exact) mass is 846 g/mol. The van der Waals surface area contributed by atoms with Gasteiger partial charge >= 0.3 is 5.97 Å². The van der Waals surface area contributed by atoms with E-state index >= 15 is 0 Å². The van der Waals surface area contributed by atoms with Crippen molar-refractivity contribution in [1.29, 1.82) is 0 Å². The highest BCUT2D eigenvalue weighted by Crippen LogP contribution is 2.18. The molecule has 0 spiro atoms. The number of hydrogen-bond donors (Lipinski definition) is 3. The first-order chi connectivity index (χ1) is 29.5. The minimum atomic E-state index is -0.785. The number of carbonyl (C=O) groups excluding carboxylic acids is 2. The standard InChI is InChI=1S/C54H103NO5/c1-4-7-10-13-16-19-22-24-25-26-27-29-31-33-36-39-42-45-50(60-54(59)47-44-41-38-35-32-28-23-20-17-14-11-8-5-2)48-53(58)55-51(49-56)52(57)46-43-40-37-34-30-21-18-15-12-9-6-3/h16,19,24-25,50-52,56-57H,4-15,17-18,20-23,26-49H2,1-3H3,(H,55,58)/b19-16-,25-24-. The quantitative estimate of drug-likeness (QED) is 0.0322. The molecule has 0 aliphatic heterocycles. The molecule has 3 atom stereocenters. The summed E-state index contributed by atoms with van der Waals surface area (Å²) in [5.41, 5.74) is 0. The first-order valence-electron chi connectivity index (χ1n) is 26.6. The maximum atomic E-state index is 13.2. The summed E-state index contributed by atoms with van der Waals surface area (Å²) in [4.78, 5) is 26.1. The molecule has 0 saturated heterocycles. The zero-order chi connectivity index (χ0) is 43.8. The van der Waals surface area contributed by atoms with Crippen LogP contribution in [-0.2, 0) is 14.3 Å². The van der Waals surface area contributed by atoms with Crippen LogP contribution in [0, 0.1) is 0 Å². The van der Waals surface area contributed by atoms with Gasteiger partial charge in [-0.2, -0.15) is 0 Å². The number of nitrogens with one attached hydrogen (secondary N) is 1. The molecule has 6 heteroatoms. The van der Waals surface area contributed by atoms with Gasteiger partial charge in [0.15, 0.2) is 0 Å². The molecule has 0 aliphatic carbocycles. The summed E-state index contributed by atoms with van der Waals surface area (Å²) in [6, 6.07) is -0.699. The van der Waals surface area contributed by atoms with Crippen LogP contribution >= 0.6 is 0 Å². The summed E-state index contributed by atoms with van der Waals surface area (Å²) in [5.74, 6) is -0.467. The second-order valence-corrected chi connectivity index (χ2v) is 18.3. The van der Waals surface area contributed by atoms with Gasteiger partial charge in [0, 0.05) is 6.42 Å². The summed E-state index contributed by atoms with van der Waals surface area (Å²) in [7, 11) is 0. The molecule has 60 heavy (non-hydrogen) atoms. The highest BCUT2D eigenvalue weighted by molar-refractivity contribution is 5.77. The number of aliphatic hydroxyl groups is 2. The predicted octanol–water partition coefficient (Wildman–Crippen LogP) is 15.9. The fraction of sp³-hybridized carbons (Fsp3) is 0.889. The van der Waals surface area contributed by atoms with Gasteiger partial charge in [-0.1, -0.05) is 238 Å². The average Bonchev–Trinajstić information content (AvgIpc) is 3.24. The number of unbranched alkanes of at least 4 members (excludes halogenated alkanes) is 32. The number of aliphatic hydroxyl groups excluding tert-OH is 2. The van der Waals surface area contributed by atoms with Gasteiger partial charge in [0.1, 0.15) is 6.10 Å². The lowest BCUT2D eigenvalue weighted by Crippen LogP contribution is -2.46. The van der Waals surface area contributed by atoms with E-state index < -0.39 is 18.2 Å². The van der Waals surface area contributed by atoms with E-state index in [-0.39, 0.29) is 24.9 Å². The largest absolute Gasteiger partial charge is 0.462 e. The van der Waals surface area contributed by atoms with Crippen molar-refractivity contribution in [2.24, 2.45) is 0 Å². The summed E-state index contributed by atoms with van der Waals surface area (Å²) >= 11 is 0. The van der Waals surface area contributed by atoms with Gasteiger partial charge in [0.05, 0.1) is 25.2 Å². The Morgan fingerprint density at radius 1 is 0.483 bits per heavy atom. The van der Waals surface area contributed by atoms with Crippen molar-refractivity contribution in [3.8, 4) is 0 Å². The van der Waals surface area contributed by atoms with Crippen LogP contribution in [0.4, 0.5) is 0 Å². The summed E-state index contributed by atoms with van der Waals surface area (Å²) in [6.45, 7) is 6.47. The molecule has 3 N–H and O–H groups in total. The molecule has 0 rings (SSSR count). The van der Waals surface area contributed by atoms with Gasteiger partial charge in [0.25, 0.3) is 0 Å². The minimum Gasteiger partial charge on any atom is -0.462 e. The number of esters is 1. The zero-order valence-corrected chi connectivity index (χ0v) is 40.4. The van der Waals surface area contributed by atoms with Crippen LogP contribution in [0.15, 0.2) is 24.3 Å². The molecule has 0 heterocycles. The van der Waals surface area contributed by atoms with E-state index in [1.165, 1.54) is 173 Å². The molecular weight excluding hydrogens is 743 g/mol. The van der Waals surface area contributed by atoms with Gasteiger partial charge in [-0.05, 0) is 57.8 Å². The van der Waals surface area contributed by atoms with Crippen molar-refractivity contribution in [1.82, 2.24) is 5.32 Å².